The normalized spacial score (nSPS) is 12.2. The van der Waals surface area contributed by atoms with Crippen molar-refractivity contribution in [1.29, 1.82) is 0 Å². The Morgan fingerprint density at radius 2 is 2.12 bits per heavy atom. The molecule has 1 rings (SSSR count). The number of carbonyl (C=O) groups is 2. The number of aliphatic carboxylic acids is 1. The number of aromatic nitrogens is 2. The second kappa shape index (κ2) is 4.96. The lowest BCUT2D eigenvalue weighted by atomic mass is 10.2. The quantitative estimate of drug-likeness (QED) is 0.673. The molecule has 0 aromatic carbocycles. The summed E-state index contributed by atoms with van der Waals surface area (Å²) < 4.78 is 1.63. The molecule has 7 heteroatoms. The SMILES string of the molecule is Cc1nn(C)c(C)c1NC(=O)C(N)CC(=O)O. The van der Waals surface area contributed by atoms with E-state index >= 15 is 0 Å². The molecule has 0 aliphatic rings. The summed E-state index contributed by atoms with van der Waals surface area (Å²) in [6.45, 7) is 3.56. The minimum absolute atomic E-state index is 0.399. The van der Waals surface area contributed by atoms with Gasteiger partial charge in [0.05, 0.1) is 29.5 Å². The fourth-order valence-corrected chi connectivity index (χ4v) is 1.45. The van der Waals surface area contributed by atoms with Crippen molar-refractivity contribution in [2.45, 2.75) is 26.3 Å². The van der Waals surface area contributed by atoms with Gasteiger partial charge in [0.25, 0.3) is 0 Å². The van der Waals surface area contributed by atoms with E-state index < -0.39 is 24.3 Å². The highest BCUT2D eigenvalue weighted by atomic mass is 16.4. The molecule has 1 unspecified atom stereocenters. The molecule has 0 aliphatic carbocycles. The lowest BCUT2D eigenvalue weighted by Gasteiger charge is -2.10. The Morgan fingerprint density at radius 1 is 1.53 bits per heavy atom. The Kier molecular flexibility index (Phi) is 3.84. The van der Waals surface area contributed by atoms with Crippen LogP contribution in [-0.2, 0) is 16.6 Å². The highest BCUT2D eigenvalue weighted by Gasteiger charge is 2.19. The first-order chi connectivity index (χ1) is 7.82. The summed E-state index contributed by atoms with van der Waals surface area (Å²) in [6, 6.07) is -1.06. The Balaban J connectivity index is 2.77. The van der Waals surface area contributed by atoms with Crippen LogP contribution in [0.25, 0.3) is 0 Å². The van der Waals surface area contributed by atoms with E-state index in [2.05, 4.69) is 10.4 Å². The molecular weight excluding hydrogens is 224 g/mol. The standard InChI is InChI=1S/C10H16N4O3/c1-5-9(6(2)14(3)13-5)12-10(17)7(11)4-8(15)16/h7H,4,11H2,1-3H3,(H,12,17)(H,15,16). The van der Waals surface area contributed by atoms with Crippen molar-refractivity contribution in [1.82, 2.24) is 9.78 Å². The van der Waals surface area contributed by atoms with Crippen LogP contribution in [0.1, 0.15) is 17.8 Å². The first kappa shape index (κ1) is 13.2. The Hall–Kier alpha value is -1.89. The van der Waals surface area contributed by atoms with Crippen LogP contribution in [-0.4, -0.2) is 32.8 Å². The number of hydrogen-bond donors (Lipinski definition) is 3. The molecule has 0 spiro atoms. The number of amides is 1. The van der Waals surface area contributed by atoms with Crippen LogP contribution in [0.3, 0.4) is 0 Å². The fourth-order valence-electron chi connectivity index (χ4n) is 1.45. The molecule has 94 valence electrons. The number of rotatable bonds is 4. The van der Waals surface area contributed by atoms with Gasteiger partial charge in [-0.05, 0) is 13.8 Å². The van der Waals surface area contributed by atoms with E-state index in [0.717, 1.165) is 5.69 Å². The smallest absolute Gasteiger partial charge is 0.305 e. The average molecular weight is 240 g/mol. The Bertz CT molecular complexity index is 453. The van der Waals surface area contributed by atoms with Crippen molar-refractivity contribution >= 4 is 17.6 Å². The van der Waals surface area contributed by atoms with Crippen LogP contribution in [0.4, 0.5) is 5.69 Å². The zero-order chi connectivity index (χ0) is 13.2. The van der Waals surface area contributed by atoms with E-state index in [9.17, 15) is 9.59 Å². The van der Waals surface area contributed by atoms with Crippen LogP contribution in [0.2, 0.25) is 0 Å². The molecule has 7 nitrogen and oxygen atoms in total. The number of nitrogens with zero attached hydrogens (tertiary/aromatic N) is 2. The number of nitrogens with two attached hydrogens (primary N) is 1. The van der Waals surface area contributed by atoms with Gasteiger partial charge in [0.15, 0.2) is 0 Å². The van der Waals surface area contributed by atoms with Crippen molar-refractivity contribution in [3.63, 3.8) is 0 Å². The zero-order valence-corrected chi connectivity index (χ0v) is 10.0. The van der Waals surface area contributed by atoms with Crippen LogP contribution in [0, 0.1) is 13.8 Å². The summed E-state index contributed by atoms with van der Waals surface area (Å²) in [5, 5.41) is 15.3. The fraction of sp³-hybridized carbons (Fsp3) is 0.500. The van der Waals surface area contributed by atoms with Crippen molar-refractivity contribution in [2.75, 3.05) is 5.32 Å². The number of hydrogen-bond acceptors (Lipinski definition) is 4. The summed E-state index contributed by atoms with van der Waals surface area (Å²) >= 11 is 0. The summed E-state index contributed by atoms with van der Waals surface area (Å²) in [5.74, 6) is -1.63. The molecule has 0 bridgehead atoms. The number of carbonyl (C=O) groups excluding carboxylic acids is 1. The van der Waals surface area contributed by atoms with Crippen molar-refractivity contribution < 1.29 is 14.7 Å². The van der Waals surface area contributed by atoms with Crippen LogP contribution in [0.5, 0.6) is 0 Å². The first-order valence-electron chi connectivity index (χ1n) is 5.11. The van der Waals surface area contributed by atoms with Gasteiger partial charge < -0.3 is 16.2 Å². The van der Waals surface area contributed by atoms with Gasteiger partial charge in [0.1, 0.15) is 0 Å². The van der Waals surface area contributed by atoms with Gasteiger partial charge in [-0.2, -0.15) is 5.10 Å². The van der Waals surface area contributed by atoms with Crippen molar-refractivity contribution in [3.8, 4) is 0 Å². The summed E-state index contributed by atoms with van der Waals surface area (Å²) in [6.07, 6.45) is -0.399. The summed E-state index contributed by atoms with van der Waals surface area (Å²) in [4.78, 5) is 22.1. The van der Waals surface area contributed by atoms with Crippen LogP contribution >= 0.6 is 0 Å². The monoisotopic (exact) mass is 240 g/mol. The van der Waals surface area contributed by atoms with E-state index in [1.807, 2.05) is 0 Å². The van der Waals surface area contributed by atoms with Crippen LogP contribution in [0.15, 0.2) is 0 Å². The van der Waals surface area contributed by atoms with Gasteiger partial charge in [-0.1, -0.05) is 0 Å². The third kappa shape index (κ3) is 3.04. The van der Waals surface area contributed by atoms with Gasteiger partial charge in [0, 0.05) is 7.05 Å². The van der Waals surface area contributed by atoms with E-state index in [4.69, 9.17) is 10.8 Å². The van der Waals surface area contributed by atoms with Crippen molar-refractivity contribution in [3.05, 3.63) is 11.4 Å². The highest BCUT2D eigenvalue weighted by Crippen LogP contribution is 2.18. The van der Waals surface area contributed by atoms with E-state index in [-0.39, 0.29) is 0 Å². The molecule has 1 aromatic heterocycles. The minimum Gasteiger partial charge on any atom is -0.481 e. The second-order valence-electron chi connectivity index (χ2n) is 3.86. The minimum atomic E-state index is -1.10. The van der Waals surface area contributed by atoms with Crippen LogP contribution < -0.4 is 11.1 Å². The summed E-state index contributed by atoms with van der Waals surface area (Å²) in [5.41, 5.74) is 7.49. The highest BCUT2D eigenvalue weighted by molar-refractivity contribution is 5.97. The largest absolute Gasteiger partial charge is 0.481 e. The molecule has 0 saturated carbocycles. The topological polar surface area (TPSA) is 110 Å². The molecule has 0 radical (unpaired) electrons. The maximum absolute atomic E-state index is 11.6. The number of anilines is 1. The lowest BCUT2D eigenvalue weighted by molar-refractivity contribution is -0.138. The summed E-state index contributed by atoms with van der Waals surface area (Å²) in [7, 11) is 1.76. The second-order valence-corrected chi connectivity index (χ2v) is 3.86. The molecule has 1 aromatic rings. The Labute approximate surface area is 98.6 Å². The van der Waals surface area contributed by atoms with E-state index in [0.29, 0.717) is 11.4 Å². The number of carboxylic acid groups (broad SMARTS) is 1. The van der Waals surface area contributed by atoms with Crippen molar-refractivity contribution in [2.24, 2.45) is 12.8 Å². The third-order valence-corrected chi connectivity index (χ3v) is 2.49. The van der Waals surface area contributed by atoms with E-state index in [1.54, 1.807) is 25.6 Å². The van der Waals surface area contributed by atoms with Gasteiger partial charge in [0.2, 0.25) is 5.91 Å². The third-order valence-electron chi connectivity index (χ3n) is 2.49. The number of nitrogens with one attached hydrogen (secondary N) is 1. The maximum Gasteiger partial charge on any atom is 0.305 e. The van der Waals surface area contributed by atoms with Gasteiger partial charge in [-0.15, -0.1) is 0 Å². The van der Waals surface area contributed by atoms with Gasteiger partial charge in [-0.3, -0.25) is 14.3 Å². The molecule has 0 saturated heterocycles. The molecular formula is C10H16N4O3. The number of carboxylic acids is 1. The van der Waals surface area contributed by atoms with E-state index in [1.165, 1.54) is 0 Å². The maximum atomic E-state index is 11.6. The van der Waals surface area contributed by atoms with Gasteiger partial charge >= 0.3 is 5.97 Å². The lowest BCUT2D eigenvalue weighted by Crippen LogP contribution is -2.37. The predicted octanol–water partition coefficient (Wildman–Crippen LogP) is -0.223. The number of aryl methyl sites for hydroxylation is 2. The average Bonchev–Trinajstić information content (AvgIpc) is 2.44. The molecule has 1 atom stereocenters. The molecule has 0 fully saturated rings. The predicted molar refractivity (Wildman–Crippen MR) is 61.5 cm³/mol. The molecule has 1 heterocycles. The molecule has 0 aliphatic heterocycles. The zero-order valence-electron chi connectivity index (χ0n) is 10.0. The first-order valence-corrected chi connectivity index (χ1v) is 5.11. The Morgan fingerprint density at radius 3 is 2.53 bits per heavy atom. The van der Waals surface area contributed by atoms with Gasteiger partial charge in [-0.25, -0.2) is 0 Å². The molecule has 4 N–H and O–H groups in total. The molecule has 1 amide bonds. The molecule has 17 heavy (non-hydrogen) atoms.